The minimum Gasteiger partial charge on any atom is -0.462 e. The molecule has 11 heteroatoms. The maximum atomic E-state index is 12.5. The lowest BCUT2D eigenvalue weighted by Gasteiger charge is -2.19. The van der Waals surface area contributed by atoms with Crippen molar-refractivity contribution >= 4 is 19.8 Å². The van der Waals surface area contributed by atoms with Gasteiger partial charge >= 0.3 is 19.8 Å². The molecule has 3 atom stereocenters. The number of rotatable bonds is 42. The molecular formula is C47H85O10P. The molecule has 0 saturated heterocycles. The molecule has 0 radical (unpaired) electrons. The Morgan fingerprint density at radius 3 is 1.50 bits per heavy atom. The van der Waals surface area contributed by atoms with Crippen LogP contribution in [0.15, 0.2) is 48.6 Å². The Balaban J connectivity index is 4.07. The van der Waals surface area contributed by atoms with Gasteiger partial charge in [0.05, 0.1) is 18.8 Å². The van der Waals surface area contributed by atoms with Crippen LogP contribution in [0.5, 0.6) is 0 Å². The van der Waals surface area contributed by atoms with Crippen molar-refractivity contribution in [2.45, 2.75) is 225 Å². The van der Waals surface area contributed by atoms with Crippen LogP contribution >= 0.6 is 7.82 Å². The Morgan fingerprint density at radius 1 is 0.517 bits per heavy atom. The average Bonchev–Trinajstić information content (AvgIpc) is 3.19. The molecule has 0 aromatic carbocycles. The highest BCUT2D eigenvalue weighted by atomic mass is 31.2. The van der Waals surface area contributed by atoms with Gasteiger partial charge in [0, 0.05) is 12.8 Å². The first-order valence-electron chi connectivity index (χ1n) is 23.1. The van der Waals surface area contributed by atoms with Gasteiger partial charge in [-0.2, -0.15) is 0 Å². The number of phosphoric ester groups is 1. The molecule has 10 nitrogen and oxygen atoms in total. The summed E-state index contributed by atoms with van der Waals surface area (Å²) in [5.41, 5.74) is 0. The van der Waals surface area contributed by atoms with E-state index in [-0.39, 0.29) is 38.7 Å². The number of ether oxygens (including phenoxy) is 2. The number of phosphoric acid groups is 1. The summed E-state index contributed by atoms with van der Waals surface area (Å²) in [6, 6.07) is 0. The zero-order valence-electron chi connectivity index (χ0n) is 36.7. The normalized spacial score (nSPS) is 14.0. The van der Waals surface area contributed by atoms with E-state index in [0.29, 0.717) is 6.42 Å². The van der Waals surface area contributed by atoms with Crippen LogP contribution in [0.2, 0.25) is 0 Å². The first-order valence-corrected chi connectivity index (χ1v) is 24.6. The number of allylic oxidation sites excluding steroid dienone is 7. The monoisotopic (exact) mass is 841 g/mol. The fourth-order valence-electron chi connectivity index (χ4n) is 6.41. The average molecular weight is 841 g/mol. The molecule has 0 heterocycles. The van der Waals surface area contributed by atoms with Crippen molar-refractivity contribution < 1.29 is 48.2 Å². The Kier molecular flexibility index (Phi) is 40.2. The SMILES string of the molecule is CCCCC/C=C\C/C=C\C/C=C\CC(O)C(O)CCCC(=O)O[C@H](COC(=O)CCCCCCCCCCCCC/C=C\CCCCCCCC)COP(=O)(O)O. The summed E-state index contributed by atoms with van der Waals surface area (Å²) >= 11 is 0. The van der Waals surface area contributed by atoms with Gasteiger partial charge < -0.3 is 29.5 Å². The third kappa shape index (κ3) is 42.1. The van der Waals surface area contributed by atoms with Gasteiger partial charge in [-0.05, 0) is 77.0 Å². The number of carbonyl (C=O) groups excluding carboxylic acids is 2. The van der Waals surface area contributed by atoms with E-state index in [1.54, 1.807) is 0 Å². The molecular weight excluding hydrogens is 755 g/mol. The van der Waals surface area contributed by atoms with E-state index in [4.69, 9.17) is 19.3 Å². The van der Waals surface area contributed by atoms with Gasteiger partial charge in [0.2, 0.25) is 0 Å². The lowest BCUT2D eigenvalue weighted by atomic mass is 10.0. The molecule has 338 valence electrons. The lowest BCUT2D eigenvalue weighted by molar-refractivity contribution is -0.161. The number of aliphatic hydroxyl groups is 2. The van der Waals surface area contributed by atoms with Gasteiger partial charge in [0.15, 0.2) is 6.10 Å². The highest BCUT2D eigenvalue weighted by Crippen LogP contribution is 2.36. The highest BCUT2D eigenvalue weighted by molar-refractivity contribution is 7.46. The van der Waals surface area contributed by atoms with Gasteiger partial charge in [-0.3, -0.25) is 14.1 Å². The minimum absolute atomic E-state index is 0.102. The highest BCUT2D eigenvalue weighted by Gasteiger charge is 2.23. The number of aliphatic hydroxyl groups excluding tert-OH is 2. The summed E-state index contributed by atoms with van der Waals surface area (Å²) in [6.45, 7) is 3.42. The molecule has 0 fully saturated rings. The number of carbonyl (C=O) groups is 2. The van der Waals surface area contributed by atoms with Crippen LogP contribution in [-0.4, -0.2) is 63.5 Å². The Labute approximate surface area is 353 Å². The lowest BCUT2D eigenvalue weighted by Crippen LogP contribution is -2.30. The summed E-state index contributed by atoms with van der Waals surface area (Å²) in [4.78, 5) is 43.0. The van der Waals surface area contributed by atoms with E-state index in [2.05, 4.69) is 54.8 Å². The van der Waals surface area contributed by atoms with E-state index in [9.17, 15) is 24.4 Å². The molecule has 0 spiro atoms. The molecule has 0 aromatic rings. The quantitative estimate of drug-likeness (QED) is 0.0202. The van der Waals surface area contributed by atoms with Crippen LogP contribution in [0.1, 0.15) is 206 Å². The molecule has 2 unspecified atom stereocenters. The van der Waals surface area contributed by atoms with Gasteiger partial charge in [0.25, 0.3) is 0 Å². The number of esters is 2. The third-order valence-electron chi connectivity index (χ3n) is 10.0. The van der Waals surface area contributed by atoms with Crippen LogP contribution < -0.4 is 0 Å². The number of hydrogen-bond donors (Lipinski definition) is 4. The summed E-state index contributed by atoms with van der Waals surface area (Å²) in [5, 5.41) is 20.6. The maximum absolute atomic E-state index is 12.5. The Hall–Kier alpha value is -2.07. The molecule has 4 N–H and O–H groups in total. The zero-order valence-corrected chi connectivity index (χ0v) is 37.6. The maximum Gasteiger partial charge on any atom is 0.469 e. The van der Waals surface area contributed by atoms with Gasteiger partial charge in [0.1, 0.15) is 6.61 Å². The molecule has 0 bridgehead atoms. The minimum atomic E-state index is -4.84. The van der Waals surface area contributed by atoms with Crippen LogP contribution in [0, 0.1) is 0 Å². The van der Waals surface area contributed by atoms with E-state index in [0.717, 1.165) is 38.5 Å². The van der Waals surface area contributed by atoms with Crippen LogP contribution in [0.3, 0.4) is 0 Å². The second-order valence-electron chi connectivity index (χ2n) is 15.7. The molecule has 58 heavy (non-hydrogen) atoms. The second kappa shape index (κ2) is 41.7. The van der Waals surface area contributed by atoms with E-state index < -0.39 is 44.7 Å². The van der Waals surface area contributed by atoms with Crippen molar-refractivity contribution in [3.8, 4) is 0 Å². The largest absolute Gasteiger partial charge is 0.469 e. The Morgan fingerprint density at radius 2 is 0.948 bits per heavy atom. The smallest absolute Gasteiger partial charge is 0.462 e. The van der Waals surface area contributed by atoms with Crippen LogP contribution in [0.4, 0.5) is 0 Å². The number of unbranched alkanes of at least 4 members (excludes halogenated alkanes) is 20. The van der Waals surface area contributed by atoms with E-state index >= 15 is 0 Å². The first kappa shape index (κ1) is 55.9. The van der Waals surface area contributed by atoms with Gasteiger partial charge in [-0.15, -0.1) is 0 Å². The van der Waals surface area contributed by atoms with E-state index in [1.807, 2.05) is 12.2 Å². The molecule has 0 aromatic heterocycles. The summed E-state index contributed by atoms with van der Waals surface area (Å²) in [6.07, 6.45) is 44.3. The van der Waals surface area contributed by atoms with Gasteiger partial charge in [-0.25, -0.2) is 4.57 Å². The predicted molar refractivity (Wildman–Crippen MR) is 237 cm³/mol. The summed E-state index contributed by atoms with van der Waals surface area (Å²) < 4.78 is 26.3. The summed E-state index contributed by atoms with van der Waals surface area (Å²) in [5.74, 6) is -1.17. The van der Waals surface area contributed by atoms with Crippen molar-refractivity contribution in [2.75, 3.05) is 13.2 Å². The number of hydrogen-bond acceptors (Lipinski definition) is 8. The van der Waals surface area contributed by atoms with E-state index in [1.165, 1.54) is 116 Å². The second-order valence-corrected chi connectivity index (χ2v) is 16.9. The standard InChI is InChI=1S/C47H85O10P/c1-3-5-7-9-11-13-15-17-18-19-20-21-22-23-24-25-27-29-31-33-35-39-46(50)55-41-43(42-56-58(52,53)54)57-47(51)40-36-38-45(49)44(48)37-34-32-30-28-26-16-14-12-10-8-6-4-2/h12,14,17-18,26,28,32,34,43-45,48-49H,3-11,13,15-16,19-25,27,29-31,33,35-42H2,1-2H3,(H2,52,53,54)/b14-12-,18-17-,28-26-,34-32-/t43-,44?,45?/m1/s1. The topological polar surface area (TPSA) is 160 Å². The van der Waals surface area contributed by atoms with Crippen molar-refractivity contribution in [1.82, 2.24) is 0 Å². The van der Waals surface area contributed by atoms with Crippen molar-refractivity contribution in [3.05, 3.63) is 48.6 Å². The fourth-order valence-corrected chi connectivity index (χ4v) is 6.77. The van der Waals surface area contributed by atoms with Gasteiger partial charge in [-0.1, -0.05) is 165 Å². The van der Waals surface area contributed by atoms with Crippen molar-refractivity contribution in [2.24, 2.45) is 0 Å². The third-order valence-corrected chi connectivity index (χ3v) is 10.5. The molecule has 0 amide bonds. The zero-order chi connectivity index (χ0) is 42.8. The molecule has 0 aliphatic rings. The van der Waals surface area contributed by atoms with Crippen molar-refractivity contribution in [3.63, 3.8) is 0 Å². The first-order chi connectivity index (χ1) is 28.1. The predicted octanol–water partition coefficient (Wildman–Crippen LogP) is 12.2. The van der Waals surface area contributed by atoms with Crippen molar-refractivity contribution in [1.29, 1.82) is 0 Å². The summed E-state index contributed by atoms with van der Waals surface area (Å²) in [7, 11) is -4.84. The molecule has 0 rings (SSSR count). The molecule has 0 aliphatic heterocycles. The van der Waals surface area contributed by atoms with Crippen LogP contribution in [0.25, 0.3) is 0 Å². The fraction of sp³-hybridized carbons (Fsp3) is 0.787. The van der Waals surface area contributed by atoms with Crippen LogP contribution in [-0.2, 0) is 28.2 Å². The Bertz CT molecular complexity index is 1110. The molecule has 0 saturated carbocycles. The molecule has 0 aliphatic carbocycles.